The molecule has 5 rings (SSSR count). The third kappa shape index (κ3) is 1.95. The van der Waals surface area contributed by atoms with E-state index in [1.165, 1.54) is 27.9 Å². The number of nitrogens with zero attached hydrogens (tertiary/aromatic N) is 1. The molecule has 0 amide bonds. The van der Waals surface area contributed by atoms with Crippen molar-refractivity contribution in [1.82, 2.24) is 9.88 Å². The summed E-state index contributed by atoms with van der Waals surface area (Å²) in [5, 5.41) is 6.02. The molecule has 3 heterocycles. The lowest BCUT2D eigenvalue weighted by Gasteiger charge is -2.16. The molecule has 0 fully saturated rings. The molecular weight excluding hydrogens is 296 g/mol. The SMILES string of the molecule is Cc1ccc2coc(C3NCc4ccccc4-n4cccc43)c2c1. The van der Waals surface area contributed by atoms with Gasteiger partial charge in [0, 0.05) is 34.9 Å². The summed E-state index contributed by atoms with van der Waals surface area (Å²) in [6.45, 7) is 2.94. The molecular formula is C21H18N2O. The summed E-state index contributed by atoms with van der Waals surface area (Å²) in [6, 6.07) is 19.3. The number of rotatable bonds is 1. The summed E-state index contributed by atoms with van der Waals surface area (Å²) in [5.41, 5.74) is 4.99. The highest BCUT2D eigenvalue weighted by atomic mass is 16.3. The maximum absolute atomic E-state index is 6.01. The minimum Gasteiger partial charge on any atom is -0.466 e. The van der Waals surface area contributed by atoms with Gasteiger partial charge < -0.3 is 8.98 Å². The molecule has 2 aromatic heterocycles. The Morgan fingerprint density at radius 1 is 1.08 bits per heavy atom. The van der Waals surface area contributed by atoms with Gasteiger partial charge in [-0.2, -0.15) is 0 Å². The van der Waals surface area contributed by atoms with E-state index in [9.17, 15) is 0 Å². The van der Waals surface area contributed by atoms with Gasteiger partial charge in [-0.15, -0.1) is 0 Å². The second-order valence-corrected chi connectivity index (χ2v) is 6.44. The van der Waals surface area contributed by atoms with Crippen molar-refractivity contribution in [2.24, 2.45) is 0 Å². The van der Waals surface area contributed by atoms with Gasteiger partial charge in [0.25, 0.3) is 0 Å². The normalized spacial score (nSPS) is 16.6. The van der Waals surface area contributed by atoms with Crippen LogP contribution in [0.1, 0.15) is 28.6 Å². The molecule has 24 heavy (non-hydrogen) atoms. The van der Waals surface area contributed by atoms with E-state index in [0.717, 1.165) is 17.7 Å². The number of hydrogen-bond donors (Lipinski definition) is 1. The first kappa shape index (κ1) is 13.6. The summed E-state index contributed by atoms with van der Waals surface area (Å²) in [4.78, 5) is 0. The molecule has 2 aromatic carbocycles. The van der Waals surface area contributed by atoms with Crippen LogP contribution in [0.15, 0.2) is 71.5 Å². The van der Waals surface area contributed by atoms with Crippen molar-refractivity contribution >= 4 is 10.8 Å². The van der Waals surface area contributed by atoms with E-state index < -0.39 is 0 Å². The lowest BCUT2D eigenvalue weighted by molar-refractivity contribution is 0.448. The second-order valence-electron chi connectivity index (χ2n) is 6.44. The van der Waals surface area contributed by atoms with Crippen LogP contribution in [0.5, 0.6) is 0 Å². The molecule has 1 atom stereocenters. The number of hydrogen-bond acceptors (Lipinski definition) is 2. The van der Waals surface area contributed by atoms with Crippen molar-refractivity contribution < 1.29 is 4.42 Å². The van der Waals surface area contributed by atoms with E-state index >= 15 is 0 Å². The van der Waals surface area contributed by atoms with E-state index in [0.29, 0.717) is 0 Å². The van der Waals surface area contributed by atoms with Crippen LogP contribution in [0.25, 0.3) is 16.5 Å². The van der Waals surface area contributed by atoms with Crippen molar-refractivity contribution in [3.05, 3.63) is 89.6 Å². The van der Waals surface area contributed by atoms with Gasteiger partial charge >= 0.3 is 0 Å². The molecule has 0 aliphatic carbocycles. The van der Waals surface area contributed by atoms with Gasteiger partial charge in [0.2, 0.25) is 0 Å². The standard InChI is InChI=1S/C21H18N2O/c1-14-8-9-16-13-24-21(17(16)11-14)20-19-7-4-10-23(19)18-6-3-2-5-15(18)12-22-20/h2-11,13,20,22H,12H2,1H3. The Hall–Kier alpha value is -2.78. The zero-order chi connectivity index (χ0) is 16.1. The van der Waals surface area contributed by atoms with Crippen molar-refractivity contribution in [1.29, 1.82) is 0 Å². The Morgan fingerprint density at radius 3 is 2.96 bits per heavy atom. The van der Waals surface area contributed by atoms with Gasteiger partial charge in [0.05, 0.1) is 6.26 Å². The molecule has 0 radical (unpaired) electrons. The monoisotopic (exact) mass is 314 g/mol. The zero-order valence-electron chi connectivity index (χ0n) is 13.5. The van der Waals surface area contributed by atoms with E-state index in [1.54, 1.807) is 0 Å². The summed E-state index contributed by atoms with van der Waals surface area (Å²) < 4.78 is 8.28. The number of furan rings is 1. The Balaban J connectivity index is 1.72. The van der Waals surface area contributed by atoms with Crippen molar-refractivity contribution in [2.45, 2.75) is 19.5 Å². The molecule has 1 N–H and O–H groups in total. The number of nitrogens with one attached hydrogen (secondary N) is 1. The second kappa shape index (κ2) is 5.11. The van der Waals surface area contributed by atoms with Crippen molar-refractivity contribution in [3.63, 3.8) is 0 Å². The largest absolute Gasteiger partial charge is 0.466 e. The number of aromatic nitrogens is 1. The fourth-order valence-electron chi connectivity index (χ4n) is 3.69. The van der Waals surface area contributed by atoms with E-state index in [1.807, 2.05) is 6.26 Å². The minimum absolute atomic E-state index is 0.0340. The molecule has 118 valence electrons. The smallest absolute Gasteiger partial charge is 0.134 e. The molecule has 0 bridgehead atoms. The number of aryl methyl sites for hydroxylation is 1. The molecule has 1 unspecified atom stereocenters. The summed E-state index contributed by atoms with van der Waals surface area (Å²) in [7, 11) is 0. The van der Waals surface area contributed by atoms with E-state index in [2.05, 4.69) is 77.6 Å². The molecule has 0 saturated carbocycles. The first-order valence-electron chi connectivity index (χ1n) is 8.28. The highest BCUT2D eigenvalue weighted by molar-refractivity contribution is 5.85. The van der Waals surface area contributed by atoms with Gasteiger partial charge in [-0.25, -0.2) is 0 Å². The Labute approximate surface area is 140 Å². The van der Waals surface area contributed by atoms with Gasteiger partial charge in [-0.3, -0.25) is 5.32 Å². The zero-order valence-corrected chi connectivity index (χ0v) is 13.5. The Morgan fingerprint density at radius 2 is 2.00 bits per heavy atom. The van der Waals surface area contributed by atoms with Crippen molar-refractivity contribution in [2.75, 3.05) is 0 Å². The predicted molar refractivity (Wildman–Crippen MR) is 95.4 cm³/mol. The van der Waals surface area contributed by atoms with Crippen LogP contribution in [-0.2, 0) is 6.54 Å². The first-order valence-corrected chi connectivity index (χ1v) is 8.28. The van der Waals surface area contributed by atoms with Crippen LogP contribution in [0.2, 0.25) is 0 Å². The molecule has 3 nitrogen and oxygen atoms in total. The van der Waals surface area contributed by atoms with Gasteiger partial charge in [-0.05, 0) is 36.8 Å². The Kier molecular flexibility index (Phi) is 2.91. The molecule has 4 aromatic rings. The van der Waals surface area contributed by atoms with Crippen molar-refractivity contribution in [3.8, 4) is 5.69 Å². The van der Waals surface area contributed by atoms with Crippen LogP contribution < -0.4 is 5.32 Å². The molecule has 1 aliphatic heterocycles. The van der Waals surface area contributed by atoms with Crippen LogP contribution in [0.3, 0.4) is 0 Å². The summed E-state index contributed by atoms with van der Waals surface area (Å²) >= 11 is 0. The van der Waals surface area contributed by atoms with E-state index in [4.69, 9.17) is 4.42 Å². The molecule has 3 heteroatoms. The van der Waals surface area contributed by atoms with Gasteiger partial charge in [0.15, 0.2) is 0 Å². The van der Waals surface area contributed by atoms with Gasteiger partial charge in [-0.1, -0.05) is 35.9 Å². The van der Waals surface area contributed by atoms with Crippen LogP contribution >= 0.6 is 0 Å². The highest BCUT2D eigenvalue weighted by Gasteiger charge is 2.26. The van der Waals surface area contributed by atoms with Gasteiger partial charge in [0.1, 0.15) is 11.8 Å². The molecule has 1 aliphatic rings. The average Bonchev–Trinajstić information content (AvgIpc) is 3.20. The molecule has 0 saturated heterocycles. The van der Waals surface area contributed by atoms with Crippen LogP contribution in [0.4, 0.5) is 0 Å². The number of benzene rings is 2. The maximum atomic E-state index is 6.01. The first-order chi connectivity index (χ1) is 11.8. The average molecular weight is 314 g/mol. The lowest BCUT2D eigenvalue weighted by atomic mass is 10.0. The number of fused-ring (bicyclic) bond motifs is 4. The minimum atomic E-state index is 0.0340. The summed E-state index contributed by atoms with van der Waals surface area (Å²) in [5.74, 6) is 0.987. The Bertz CT molecular complexity index is 1040. The van der Waals surface area contributed by atoms with Crippen LogP contribution in [0, 0.1) is 6.92 Å². The highest BCUT2D eigenvalue weighted by Crippen LogP contribution is 2.35. The summed E-state index contributed by atoms with van der Waals surface area (Å²) in [6.07, 6.45) is 3.99. The maximum Gasteiger partial charge on any atom is 0.134 e. The molecule has 0 spiro atoms. The number of para-hydroxylation sites is 1. The van der Waals surface area contributed by atoms with E-state index in [-0.39, 0.29) is 6.04 Å². The fourth-order valence-corrected chi connectivity index (χ4v) is 3.69. The van der Waals surface area contributed by atoms with Crippen LogP contribution in [-0.4, -0.2) is 4.57 Å². The lowest BCUT2D eigenvalue weighted by Crippen LogP contribution is -2.21. The third-order valence-electron chi connectivity index (χ3n) is 4.87. The third-order valence-corrected chi connectivity index (χ3v) is 4.87. The quantitative estimate of drug-likeness (QED) is 0.551. The fraction of sp³-hybridized carbons (Fsp3) is 0.143. The predicted octanol–water partition coefficient (Wildman–Crippen LogP) is 4.72. The topological polar surface area (TPSA) is 30.1 Å².